The molecular formula is C16H15NO3. The topological polar surface area (TPSA) is 48.4 Å². The molecule has 0 radical (unpaired) electrons. The summed E-state index contributed by atoms with van der Waals surface area (Å²) in [6, 6.07) is 6.04. The third kappa shape index (κ3) is 1.83. The third-order valence-corrected chi connectivity index (χ3v) is 4.25. The van der Waals surface area contributed by atoms with Crippen molar-refractivity contribution in [1.29, 1.82) is 0 Å². The number of pyridine rings is 1. The second-order valence-corrected chi connectivity index (χ2v) is 5.44. The Morgan fingerprint density at radius 1 is 1.10 bits per heavy atom. The fourth-order valence-corrected chi connectivity index (χ4v) is 3.16. The molecule has 102 valence electrons. The van der Waals surface area contributed by atoms with E-state index in [0.29, 0.717) is 24.5 Å². The van der Waals surface area contributed by atoms with Crippen molar-refractivity contribution in [2.45, 2.75) is 31.6 Å². The molecule has 1 aliphatic carbocycles. The molecule has 1 saturated carbocycles. The van der Waals surface area contributed by atoms with Crippen LogP contribution >= 0.6 is 0 Å². The predicted molar refractivity (Wildman–Crippen MR) is 74.1 cm³/mol. The molecule has 4 heteroatoms. The van der Waals surface area contributed by atoms with Crippen molar-refractivity contribution in [1.82, 2.24) is 4.98 Å². The minimum absolute atomic E-state index is 0.277. The highest BCUT2D eigenvalue weighted by atomic mass is 16.7. The third-order valence-electron chi connectivity index (χ3n) is 4.25. The van der Waals surface area contributed by atoms with Gasteiger partial charge in [0.15, 0.2) is 11.5 Å². The number of Topliss-reactive ketones (excluding diaryl/α,β-unsaturated/α-hetero) is 1. The van der Waals surface area contributed by atoms with Crippen LogP contribution in [-0.2, 0) is 4.79 Å². The van der Waals surface area contributed by atoms with Gasteiger partial charge in [0, 0.05) is 30.5 Å². The molecule has 2 aliphatic rings. The smallest absolute Gasteiger partial charge is 0.231 e. The number of nitrogens with zero attached hydrogens (tertiary/aromatic N) is 1. The van der Waals surface area contributed by atoms with Crippen LogP contribution < -0.4 is 9.47 Å². The van der Waals surface area contributed by atoms with Crippen LogP contribution in [0.4, 0.5) is 0 Å². The molecule has 0 saturated heterocycles. The number of carbonyl (C=O) groups is 1. The zero-order valence-electron chi connectivity index (χ0n) is 11.1. The SMILES string of the molecule is O=C1CCC(c2ccnc3cc4c(cc23)OCO4)CC1. The lowest BCUT2D eigenvalue weighted by Crippen LogP contribution is -2.12. The van der Waals surface area contributed by atoms with E-state index >= 15 is 0 Å². The fourth-order valence-electron chi connectivity index (χ4n) is 3.16. The lowest BCUT2D eigenvalue weighted by Gasteiger charge is -2.22. The number of carbonyl (C=O) groups excluding carboxylic acids is 1. The van der Waals surface area contributed by atoms with Crippen LogP contribution in [0.1, 0.15) is 37.2 Å². The summed E-state index contributed by atoms with van der Waals surface area (Å²) in [5.41, 5.74) is 2.21. The number of rotatable bonds is 1. The molecule has 1 aromatic heterocycles. The Balaban J connectivity index is 1.81. The first-order valence-electron chi connectivity index (χ1n) is 7.01. The molecule has 1 aliphatic heterocycles. The van der Waals surface area contributed by atoms with Gasteiger partial charge in [-0.05, 0) is 36.5 Å². The number of ketones is 1. The maximum absolute atomic E-state index is 11.4. The van der Waals surface area contributed by atoms with Crippen molar-refractivity contribution in [2.75, 3.05) is 6.79 Å². The predicted octanol–water partition coefficient (Wildman–Crippen LogP) is 3.19. The standard InChI is InChI=1S/C16H15NO3/c18-11-3-1-10(2-4-11)12-5-6-17-14-8-16-15(7-13(12)14)19-9-20-16/h5-8,10H,1-4,9H2. The van der Waals surface area contributed by atoms with Gasteiger partial charge in [-0.1, -0.05) is 0 Å². The van der Waals surface area contributed by atoms with E-state index in [1.807, 2.05) is 18.3 Å². The molecule has 0 spiro atoms. The summed E-state index contributed by atoms with van der Waals surface area (Å²) in [5, 5.41) is 1.12. The molecule has 1 aromatic carbocycles. The van der Waals surface area contributed by atoms with E-state index in [1.165, 1.54) is 5.56 Å². The molecule has 0 bridgehead atoms. The van der Waals surface area contributed by atoms with Crippen molar-refractivity contribution in [2.24, 2.45) is 0 Å². The normalized spacial score (nSPS) is 18.7. The van der Waals surface area contributed by atoms with Crippen molar-refractivity contribution in [3.63, 3.8) is 0 Å². The summed E-state index contributed by atoms with van der Waals surface area (Å²) < 4.78 is 10.9. The molecule has 20 heavy (non-hydrogen) atoms. The van der Waals surface area contributed by atoms with Gasteiger partial charge in [0.25, 0.3) is 0 Å². The van der Waals surface area contributed by atoms with Gasteiger partial charge in [-0.2, -0.15) is 0 Å². The van der Waals surface area contributed by atoms with Crippen LogP contribution in [0.5, 0.6) is 11.5 Å². The van der Waals surface area contributed by atoms with Gasteiger partial charge < -0.3 is 9.47 Å². The first kappa shape index (κ1) is 11.7. The Morgan fingerprint density at radius 3 is 2.65 bits per heavy atom. The van der Waals surface area contributed by atoms with E-state index in [2.05, 4.69) is 11.1 Å². The van der Waals surface area contributed by atoms with Gasteiger partial charge in [0.1, 0.15) is 5.78 Å². The lowest BCUT2D eigenvalue weighted by molar-refractivity contribution is -0.120. The van der Waals surface area contributed by atoms with Crippen molar-refractivity contribution < 1.29 is 14.3 Å². The molecular weight excluding hydrogens is 254 g/mol. The number of hydrogen-bond donors (Lipinski definition) is 0. The minimum atomic E-state index is 0.277. The molecule has 0 unspecified atom stereocenters. The quantitative estimate of drug-likeness (QED) is 0.797. The highest BCUT2D eigenvalue weighted by molar-refractivity contribution is 5.87. The maximum atomic E-state index is 11.4. The van der Waals surface area contributed by atoms with E-state index in [9.17, 15) is 4.79 Å². The Hall–Kier alpha value is -2.10. The molecule has 2 heterocycles. The molecule has 0 N–H and O–H groups in total. The summed E-state index contributed by atoms with van der Waals surface area (Å²) in [6.45, 7) is 0.277. The Kier molecular flexibility index (Phi) is 2.62. The maximum Gasteiger partial charge on any atom is 0.231 e. The number of benzene rings is 1. The number of hydrogen-bond acceptors (Lipinski definition) is 4. The lowest BCUT2D eigenvalue weighted by atomic mass is 9.82. The van der Waals surface area contributed by atoms with Crippen LogP contribution in [0.15, 0.2) is 24.4 Å². The molecule has 0 atom stereocenters. The number of ether oxygens (including phenoxy) is 2. The van der Waals surface area contributed by atoms with E-state index in [-0.39, 0.29) is 6.79 Å². The second-order valence-electron chi connectivity index (χ2n) is 5.44. The summed E-state index contributed by atoms with van der Waals surface area (Å²) in [6.07, 6.45) is 5.10. The van der Waals surface area contributed by atoms with Crippen molar-refractivity contribution in [3.05, 3.63) is 30.0 Å². The van der Waals surface area contributed by atoms with Gasteiger partial charge in [-0.25, -0.2) is 0 Å². The van der Waals surface area contributed by atoms with Gasteiger partial charge in [0.2, 0.25) is 6.79 Å². The van der Waals surface area contributed by atoms with Crippen LogP contribution in [-0.4, -0.2) is 17.6 Å². The van der Waals surface area contributed by atoms with Gasteiger partial charge in [0.05, 0.1) is 5.52 Å². The minimum Gasteiger partial charge on any atom is -0.454 e. The molecule has 4 rings (SSSR count). The Morgan fingerprint density at radius 2 is 1.85 bits per heavy atom. The number of aromatic nitrogens is 1. The summed E-state index contributed by atoms with van der Waals surface area (Å²) >= 11 is 0. The zero-order chi connectivity index (χ0) is 13.5. The average Bonchev–Trinajstić information content (AvgIpc) is 2.92. The molecule has 4 nitrogen and oxygen atoms in total. The summed E-state index contributed by atoms with van der Waals surface area (Å²) in [7, 11) is 0. The molecule has 0 amide bonds. The van der Waals surface area contributed by atoms with Crippen LogP contribution in [0.3, 0.4) is 0 Å². The van der Waals surface area contributed by atoms with Crippen molar-refractivity contribution >= 4 is 16.7 Å². The van der Waals surface area contributed by atoms with E-state index in [4.69, 9.17) is 9.47 Å². The van der Waals surface area contributed by atoms with Gasteiger partial charge >= 0.3 is 0 Å². The summed E-state index contributed by atoms with van der Waals surface area (Å²) in [4.78, 5) is 15.8. The van der Waals surface area contributed by atoms with E-state index in [0.717, 1.165) is 35.2 Å². The highest BCUT2D eigenvalue weighted by Gasteiger charge is 2.23. The Labute approximate surface area is 116 Å². The van der Waals surface area contributed by atoms with Crippen LogP contribution in [0.2, 0.25) is 0 Å². The van der Waals surface area contributed by atoms with Crippen LogP contribution in [0, 0.1) is 0 Å². The second kappa shape index (κ2) is 4.47. The first-order chi connectivity index (χ1) is 9.81. The van der Waals surface area contributed by atoms with Crippen LogP contribution in [0.25, 0.3) is 10.9 Å². The first-order valence-corrected chi connectivity index (χ1v) is 7.01. The Bertz CT molecular complexity index is 685. The average molecular weight is 269 g/mol. The largest absolute Gasteiger partial charge is 0.454 e. The molecule has 1 fully saturated rings. The zero-order valence-corrected chi connectivity index (χ0v) is 11.1. The van der Waals surface area contributed by atoms with E-state index < -0.39 is 0 Å². The van der Waals surface area contributed by atoms with Gasteiger partial charge in [-0.15, -0.1) is 0 Å². The fraction of sp³-hybridized carbons (Fsp3) is 0.375. The van der Waals surface area contributed by atoms with Crippen molar-refractivity contribution in [3.8, 4) is 11.5 Å². The summed E-state index contributed by atoms with van der Waals surface area (Å²) in [5.74, 6) is 2.38. The monoisotopic (exact) mass is 269 g/mol. The number of fused-ring (bicyclic) bond motifs is 2. The highest BCUT2D eigenvalue weighted by Crippen LogP contribution is 2.40. The molecule has 2 aromatic rings. The van der Waals surface area contributed by atoms with Gasteiger partial charge in [-0.3, -0.25) is 9.78 Å². The van der Waals surface area contributed by atoms with E-state index in [1.54, 1.807) is 0 Å².